The summed E-state index contributed by atoms with van der Waals surface area (Å²) in [7, 11) is 0. The lowest BCUT2D eigenvalue weighted by Gasteiger charge is -2.33. The van der Waals surface area contributed by atoms with Gasteiger partial charge in [-0.1, -0.05) is 13.3 Å². The molecule has 4 nitrogen and oxygen atoms in total. The zero-order chi connectivity index (χ0) is 16.2. The number of nitrogens with one attached hydrogen (secondary N) is 1. The number of hydrogen-bond acceptors (Lipinski definition) is 4. The minimum Gasteiger partial charge on any atom is -0.354 e. The van der Waals surface area contributed by atoms with E-state index in [1.165, 1.54) is 0 Å². The lowest BCUT2D eigenvalue weighted by molar-refractivity contribution is -0.140. The third kappa shape index (κ3) is 4.42. The first-order chi connectivity index (χ1) is 10.4. The molecule has 1 unspecified atom stereocenters. The number of halogens is 3. The molecule has 1 amide bonds. The van der Waals surface area contributed by atoms with Gasteiger partial charge in [0.25, 0.3) is 0 Å². The molecule has 1 aliphatic heterocycles. The Labute approximate surface area is 131 Å². The van der Waals surface area contributed by atoms with Crippen molar-refractivity contribution in [2.75, 3.05) is 19.6 Å². The highest BCUT2D eigenvalue weighted by Crippen LogP contribution is 2.30. The van der Waals surface area contributed by atoms with Crippen LogP contribution in [0.25, 0.3) is 0 Å². The van der Waals surface area contributed by atoms with Crippen LogP contribution in [0.3, 0.4) is 0 Å². The predicted molar refractivity (Wildman–Crippen MR) is 78.7 cm³/mol. The summed E-state index contributed by atoms with van der Waals surface area (Å²) < 4.78 is 37.3. The van der Waals surface area contributed by atoms with Crippen molar-refractivity contribution in [1.82, 2.24) is 15.2 Å². The Morgan fingerprint density at radius 1 is 1.50 bits per heavy atom. The van der Waals surface area contributed by atoms with Crippen molar-refractivity contribution < 1.29 is 18.0 Å². The van der Waals surface area contributed by atoms with E-state index in [-0.39, 0.29) is 11.9 Å². The molecule has 0 bridgehead atoms. The summed E-state index contributed by atoms with van der Waals surface area (Å²) in [5.41, 5.74) is -0.858. The number of carbonyl (C=O) groups is 1. The van der Waals surface area contributed by atoms with Gasteiger partial charge in [0.15, 0.2) is 5.69 Å². The second-order valence-electron chi connectivity index (χ2n) is 5.31. The van der Waals surface area contributed by atoms with Crippen LogP contribution < -0.4 is 5.32 Å². The van der Waals surface area contributed by atoms with E-state index < -0.39 is 11.9 Å². The third-order valence-electron chi connectivity index (χ3n) is 3.80. The fourth-order valence-corrected chi connectivity index (χ4v) is 3.44. The number of nitrogens with zero attached hydrogens (tertiary/aromatic N) is 2. The highest BCUT2D eigenvalue weighted by Gasteiger charge is 2.33. The lowest BCUT2D eigenvalue weighted by atomic mass is 10.0. The SMILES string of the molecule is CCN1CCCCC1C(=O)NCCc1nc(C(F)(F)F)cs1. The molecule has 124 valence electrons. The lowest BCUT2D eigenvalue weighted by Crippen LogP contribution is -2.49. The van der Waals surface area contributed by atoms with Gasteiger partial charge in [-0.15, -0.1) is 11.3 Å². The van der Waals surface area contributed by atoms with Crippen molar-refractivity contribution in [2.45, 2.75) is 44.8 Å². The molecule has 1 fully saturated rings. The van der Waals surface area contributed by atoms with Gasteiger partial charge in [0.05, 0.1) is 11.0 Å². The molecule has 8 heteroatoms. The second-order valence-corrected chi connectivity index (χ2v) is 6.25. The molecule has 0 aliphatic carbocycles. The summed E-state index contributed by atoms with van der Waals surface area (Å²) in [4.78, 5) is 17.9. The molecule has 1 aliphatic rings. The molecule has 22 heavy (non-hydrogen) atoms. The van der Waals surface area contributed by atoms with E-state index in [1.807, 2.05) is 6.92 Å². The third-order valence-corrected chi connectivity index (χ3v) is 4.71. The number of rotatable bonds is 5. The summed E-state index contributed by atoms with van der Waals surface area (Å²) in [6.45, 7) is 4.10. The Morgan fingerprint density at radius 3 is 2.91 bits per heavy atom. The fraction of sp³-hybridized carbons (Fsp3) is 0.714. The molecule has 0 saturated carbocycles. The number of amides is 1. The molecule has 1 N–H and O–H groups in total. The van der Waals surface area contributed by atoms with Crippen LogP contribution in [0.1, 0.15) is 36.9 Å². The van der Waals surface area contributed by atoms with Crippen molar-refractivity contribution >= 4 is 17.2 Å². The normalized spacial score (nSPS) is 20.1. The van der Waals surface area contributed by atoms with E-state index in [1.54, 1.807) is 0 Å². The molecule has 1 atom stereocenters. The van der Waals surface area contributed by atoms with Crippen LogP contribution in [0, 0.1) is 0 Å². The number of thiazole rings is 1. The van der Waals surface area contributed by atoms with E-state index in [2.05, 4.69) is 15.2 Å². The number of aromatic nitrogens is 1. The molecule has 0 radical (unpaired) electrons. The minimum atomic E-state index is -4.40. The van der Waals surface area contributed by atoms with Gasteiger partial charge in [-0.3, -0.25) is 9.69 Å². The van der Waals surface area contributed by atoms with E-state index in [4.69, 9.17) is 0 Å². The van der Waals surface area contributed by atoms with Crippen molar-refractivity contribution in [1.29, 1.82) is 0 Å². The summed E-state index contributed by atoms with van der Waals surface area (Å²) >= 11 is 0.976. The first kappa shape index (κ1) is 17.2. The molecule has 0 aromatic carbocycles. The van der Waals surface area contributed by atoms with Crippen molar-refractivity contribution in [2.24, 2.45) is 0 Å². The number of carbonyl (C=O) groups excluding carboxylic acids is 1. The number of likely N-dealkylation sites (tertiary alicyclic amines) is 1. The van der Waals surface area contributed by atoms with Crippen molar-refractivity contribution in [3.05, 3.63) is 16.1 Å². The molecular weight excluding hydrogens is 315 g/mol. The van der Waals surface area contributed by atoms with Crippen LogP contribution >= 0.6 is 11.3 Å². The van der Waals surface area contributed by atoms with E-state index in [9.17, 15) is 18.0 Å². The van der Waals surface area contributed by atoms with Gasteiger partial charge in [-0.25, -0.2) is 4.98 Å². The maximum absolute atomic E-state index is 12.4. The van der Waals surface area contributed by atoms with Gasteiger partial charge in [-0.05, 0) is 25.9 Å². The van der Waals surface area contributed by atoms with Crippen LogP contribution in [0.2, 0.25) is 0 Å². The Bertz CT molecular complexity index is 504. The molecule has 2 rings (SSSR count). The Balaban J connectivity index is 1.80. The standard InChI is InChI=1S/C14H20F3N3OS/c1-2-20-8-4-3-5-10(20)13(21)18-7-6-12-19-11(9-22-12)14(15,16)17/h9-10H,2-8H2,1H3,(H,18,21). The zero-order valence-corrected chi connectivity index (χ0v) is 13.3. The molecule has 1 aromatic heterocycles. The number of likely N-dealkylation sites (N-methyl/N-ethyl adjacent to an activating group) is 1. The summed E-state index contributed by atoms with van der Waals surface area (Å²) in [5, 5.41) is 4.22. The first-order valence-electron chi connectivity index (χ1n) is 7.45. The monoisotopic (exact) mass is 335 g/mol. The van der Waals surface area contributed by atoms with Gasteiger partial charge in [-0.2, -0.15) is 13.2 Å². The summed E-state index contributed by atoms with van der Waals surface area (Å²) in [5.74, 6) is -0.0332. The van der Waals surface area contributed by atoms with E-state index in [0.29, 0.717) is 18.0 Å². The summed E-state index contributed by atoms with van der Waals surface area (Å²) in [6.07, 6.45) is -1.09. The smallest absolute Gasteiger partial charge is 0.354 e. The van der Waals surface area contributed by atoms with Crippen molar-refractivity contribution in [3.8, 4) is 0 Å². The summed E-state index contributed by atoms with van der Waals surface area (Å²) in [6, 6.07) is -0.110. The maximum atomic E-state index is 12.4. The van der Waals surface area contributed by atoms with Gasteiger partial charge in [0.1, 0.15) is 0 Å². The van der Waals surface area contributed by atoms with E-state index in [0.717, 1.165) is 49.1 Å². The average molecular weight is 335 g/mol. The first-order valence-corrected chi connectivity index (χ1v) is 8.33. The number of alkyl halides is 3. The Morgan fingerprint density at radius 2 is 2.27 bits per heavy atom. The quantitative estimate of drug-likeness (QED) is 0.900. The Kier molecular flexibility index (Phi) is 5.80. The van der Waals surface area contributed by atoms with E-state index >= 15 is 0 Å². The number of hydrogen-bond donors (Lipinski definition) is 1. The fourth-order valence-electron chi connectivity index (χ4n) is 2.63. The van der Waals surface area contributed by atoms with Crippen LogP contribution in [0.15, 0.2) is 5.38 Å². The predicted octanol–water partition coefficient (Wildman–Crippen LogP) is 2.70. The minimum absolute atomic E-state index is 0.0332. The largest absolute Gasteiger partial charge is 0.434 e. The molecule has 0 spiro atoms. The van der Waals surface area contributed by atoms with Gasteiger partial charge < -0.3 is 5.32 Å². The molecule has 2 heterocycles. The van der Waals surface area contributed by atoms with Crippen molar-refractivity contribution in [3.63, 3.8) is 0 Å². The molecule has 1 saturated heterocycles. The highest BCUT2D eigenvalue weighted by atomic mass is 32.1. The van der Waals surface area contributed by atoms with Crippen LogP contribution in [0.4, 0.5) is 13.2 Å². The highest BCUT2D eigenvalue weighted by molar-refractivity contribution is 7.09. The zero-order valence-electron chi connectivity index (χ0n) is 12.4. The second kappa shape index (κ2) is 7.41. The van der Waals surface area contributed by atoms with Crippen LogP contribution in [-0.2, 0) is 17.4 Å². The van der Waals surface area contributed by atoms with Gasteiger partial charge >= 0.3 is 6.18 Å². The molecule has 1 aromatic rings. The average Bonchev–Trinajstić information content (AvgIpc) is 2.96. The van der Waals surface area contributed by atoms with Gasteiger partial charge in [0.2, 0.25) is 5.91 Å². The topological polar surface area (TPSA) is 45.2 Å². The Hall–Kier alpha value is -1.15. The maximum Gasteiger partial charge on any atom is 0.434 e. The number of piperidine rings is 1. The van der Waals surface area contributed by atoms with Gasteiger partial charge in [0, 0.05) is 18.3 Å². The molecular formula is C14H20F3N3OS. The van der Waals surface area contributed by atoms with Crippen LogP contribution in [0.5, 0.6) is 0 Å². The van der Waals surface area contributed by atoms with Crippen LogP contribution in [-0.4, -0.2) is 41.5 Å².